The lowest BCUT2D eigenvalue weighted by Crippen LogP contribution is -2.01. The van der Waals surface area contributed by atoms with Gasteiger partial charge in [0.2, 0.25) is 11.7 Å². The number of hydrogen-bond acceptors (Lipinski definition) is 5. The van der Waals surface area contributed by atoms with E-state index in [2.05, 4.69) is 0 Å². The van der Waals surface area contributed by atoms with Gasteiger partial charge in [0.1, 0.15) is 11.6 Å². The summed E-state index contributed by atoms with van der Waals surface area (Å²) < 4.78 is 1.86. The van der Waals surface area contributed by atoms with Crippen molar-refractivity contribution >= 4 is 47.0 Å². The second-order valence-corrected chi connectivity index (χ2v) is 6.23. The van der Waals surface area contributed by atoms with Crippen LogP contribution in [0.15, 0.2) is 29.8 Å². The maximum atomic E-state index is 12.3. The Bertz CT molecular complexity index is 826. The van der Waals surface area contributed by atoms with E-state index in [0.717, 1.165) is 11.3 Å². The third-order valence-electron chi connectivity index (χ3n) is 2.76. The molecule has 0 saturated carbocycles. The van der Waals surface area contributed by atoms with Gasteiger partial charge in [-0.2, -0.15) is 5.26 Å². The van der Waals surface area contributed by atoms with E-state index in [1.54, 1.807) is 31.3 Å². The van der Waals surface area contributed by atoms with Gasteiger partial charge in [0.25, 0.3) is 0 Å². The zero-order valence-electron chi connectivity index (χ0n) is 10.8. The summed E-state index contributed by atoms with van der Waals surface area (Å²) in [6, 6.07) is 8.09. The molecule has 1 aromatic carbocycles. The minimum absolute atomic E-state index is 0.0679. The van der Waals surface area contributed by atoms with Crippen LogP contribution in [0.5, 0.6) is 5.88 Å². The van der Waals surface area contributed by atoms with E-state index >= 15 is 0 Å². The van der Waals surface area contributed by atoms with Gasteiger partial charge < -0.3 is 5.11 Å². The van der Waals surface area contributed by atoms with E-state index in [0.29, 0.717) is 19.4 Å². The summed E-state index contributed by atoms with van der Waals surface area (Å²) >= 11 is 11.9. The quantitative estimate of drug-likeness (QED) is 0.398. The summed E-state index contributed by atoms with van der Waals surface area (Å²) in [5, 5.41) is 19.5. The molecular weight excluding hydrogens is 328 g/mol. The second-order valence-electron chi connectivity index (χ2n) is 4.12. The van der Waals surface area contributed by atoms with Crippen molar-refractivity contribution in [2.24, 2.45) is 7.05 Å². The van der Waals surface area contributed by atoms with Crippen LogP contribution in [0.3, 0.4) is 0 Å². The molecule has 0 bridgehead atoms. The lowest BCUT2D eigenvalue weighted by Gasteiger charge is -2.00. The molecule has 0 amide bonds. The summed E-state index contributed by atoms with van der Waals surface area (Å²) in [6.07, 6.45) is 1.34. The van der Waals surface area contributed by atoms with Gasteiger partial charge >= 0.3 is 0 Å². The largest absolute Gasteiger partial charge is 0.493 e. The zero-order valence-corrected chi connectivity index (χ0v) is 13.2. The molecule has 0 atom stereocenters. The van der Waals surface area contributed by atoms with Crippen molar-refractivity contribution in [1.82, 2.24) is 4.57 Å². The van der Waals surface area contributed by atoms with Gasteiger partial charge in [0, 0.05) is 17.6 Å². The topological polar surface area (TPSA) is 66.0 Å². The van der Waals surface area contributed by atoms with Crippen LogP contribution in [-0.4, -0.2) is 15.5 Å². The van der Waals surface area contributed by atoms with E-state index in [-0.39, 0.29) is 11.5 Å². The Morgan fingerprint density at radius 3 is 2.57 bits per heavy atom. The molecule has 0 radical (unpaired) electrons. The molecule has 4 nitrogen and oxygen atoms in total. The Kier molecular flexibility index (Phi) is 4.58. The molecule has 0 aliphatic rings. The van der Waals surface area contributed by atoms with Crippen molar-refractivity contribution in [3.63, 3.8) is 0 Å². The van der Waals surface area contributed by atoms with E-state index in [4.69, 9.17) is 29.1 Å². The molecule has 2 rings (SSSR count). The lowest BCUT2D eigenvalue weighted by molar-refractivity contribution is 0.104. The lowest BCUT2D eigenvalue weighted by atomic mass is 10.0. The monoisotopic (exact) mass is 336 g/mol. The number of nitriles is 1. The van der Waals surface area contributed by atoms with Crippen LogP contribution in [0.2, 0.25) is 5.02 Å². The molecular formula is C14H9ClN2O2S2. The highest BCUT2D eigenvalue weighted by atomic mass is 35.5. The number of Topliss-reactive ketones (excluding diaryl/α,β-unsaturated/α-hetero) is 1. The van der Waals surface area contributed by atoms with Crippen LogP contribution in [0.4, 0.5) is 0 Å². The highest BCUT2D eigenvalue weighted by molar-refractivity contribution is 7.73. The number of benzene rings is 1. The smallest absolute Gasteiger partial charge is 0.210 e. The molecule has 1 heterocycles. The summed E-state index contributed by atoms with van der Waals surface area (Å²) in [4.78, 5) is 12.6. The summed E-state index contributed by atoms with van der Waals surface area (Å²) in [7, 11) is 1.61. The number of carbonyl (C=O) groups is 1. The predicted octanol–water partition coefficient (Wildman–Crippen LogP) is 3.96. The molecule has 0 unspecified atom stereocenters. The van der Waals surface area contributed by atoms with Crippen molar-refractivity contribution in [2.75, 3.05) is 0 Å². The Balaban J connectivity index is 2.44. The first-order valence-electron chi connectivity index (χ1n) is 5.75. The summed E-state index contributed by atoms with van der Waals surface area (Å²) in [6.45, 7) is 0. The highest BCUT2D eigenvalue weighted by Gasteiger charge is 2.15. The molecule has 0 aliphatic heterocycles. The highest BCUT2D eigenvalue weighted by Crippen LogP contribution is 2.27. The number of aromatic nitrogens is 1. The molecule has 21 heavy (non-hydrogen) atoms. The first-order chi connectivity index (χ1) is 9.93. The molecule has 106 valence electrons. The van der Waals surface area contributed by atoms with Gasteiger partial charge in [-0.25, -0.2) is 0 Å². The molecule has 1 N–H and O–H groups in total. The molecule has 2 aromatic rings. The van der Waals surface area contributed by atoms with E-state index in [1.165, 1.54) is 10.6 Å². The van der Waals surface area contributed by atoms with E-state index in [9.17, 15) is 9.90 Å². The Labute approximate surface area is 135 Å². The average Bonchev–Trinajstić information content (AvgIpc) is 2.72. The molecule has 1 aromatic heterocycles. The molecule has 0 saturated heterocycles. The number of halogens is 1. The minimum Gasteiger partial charge on any atom is -0.493 e. The fourth-order valence-electron chi connectivity index (χ4n) is 1.59. The van der Waals surface area contributed by atoms with Crippen LogP contribution in [-0.2, 0) is 7.05 Å². The van der Waals surface area contributed by atoms with Crippen LogP contribution in [0.1, 0.15) is 15.2 Å². The van der Waals surface area contributed by atoms with Gasteiger partial charge in [-0.05, 0) is 42.6 Å². The van der Waals surface area contributed by atoms with Crippen LogP contribution in [0.25, 0.3) is 6.08 Å². The van der Waals surface area contributed by atoms with Crippen LogP contribution >= 0.6 is 35.2 Å². The molecule has 0 aliphatic carbocycles. The number of ketones is 1. The number of thiazole rings is 1. The fraction of sp³-hybridized carbons (Fsp3) is 0.0714. The average molecular weight is 337 g/mol. The molecule has 0 fully saturated rings. The maximum absolute atomic E-state index is 12.3. The second kappa shape index (κ2) is 6.22. The predicted molar refractivity (Wildman–Crippen MR) is 85.2 cm³/mol. The van der Waals surface area contributed by atoms with Crippen LogP contribution in [0, 0.1) is 15.3 Å². The fourth-order valence-corrected chi connectivity index (χ4v) is 2.89. The first-order valence-corrected chi connectivity index (χ1v) is 7.35. The number of hydrogen-bond donors (Lipinski definition) is 1. The van der Waals surface area contributed by atoms with Crippen molar-refractivity contribution in [3.8, 4) is 11.9 Å². The Morgan fingerprint density at radius 2 is 2.10 bits per heavy atom. The van der Waals surface area contributed by atoms with Crippen LogP contribution < -0.4 is 0 Å². The maximum Gasteiger partial charge on any atom is 0.210 e. The summed E-state index contributed by atoms with van der Waals surface area (Å²) in [5.74, 6) is -0.503. The first kappa shape index (κ1) is 15.4. The standard InChI is InChI=1S/C14H9ClN2O2S2/c1-17-13(19)11(21-14(17)20)6-9(7-16)12(18)8-2-4-10(15)5-3-8/h2-6,19H,1H3/b9-6+. The number of aromatic hydroxyl groups is 1. The van der Waals surface area contributed by atoms with E-state index < -0.39 is 5.78 Å². The van der Waals surface area contributed by atoms with Gasteiger partial charge in [0.15, 0.2) is 3.95 Å². The third-order valence-corrected chi connectivity index (χ3v) is 4.50. The number of nitrogens with zero attached hydrogens (tertiary/aromatic N) is 2. The SMILES string of the molecule is Cn1c(O)c(/C=C(\C#N)C(=O)c2ccc(Cl)cc2)sc1=S. The minimum atomic E-state index is -0.435. The van der Waals surface area contributed by atoms with E-state index in [1.807, 2.05) is 6.07 Å². The van der Waals surface area contributed by atoms with Crippen molar-refractivity contribution in [3.05, 3.63) is 49.3 Å². The van der Waals surface area contributed by atoms with Crippen molar-refractivity contribution in [1.29, 1.82) is 5.26 Å². The molecule has 0 spiro atoms. The van der Waals surface area contributed by atoms with Gasteiger partial charge in [-0.1, -0.05) is 11.6 Å². The number of carbonyl (C=O) groups excluding carboxylic acids is 1. The number of rotatable bonds is 3. The molecule has 7 heteroatoms. The van der Waals surface area contributed by atoms with Gasteiger partial charge in [-0.3, -0.25) is 9.36 Å². The summed E-state index contributed by atoms with van der Waals surface area (Å²) in [5.41, 5.74) is 0.274. The van der Waals surface area contributed by atoms with Gasteiger partial charge in [0.05, 0.1) is 4.88 Å². The Hall–Kier alpha value is -1.94. The zero-order chi connectivity index (χ0) is 15.6. The van der Waals surface area contributed by atoms with Gasteiger partial charge in [-0.15, -0.1) is 11.3 Å². The normalized spacial score (nSPS) is 11.2. The Morgan fingerprint density at radius 1 is 1.48 bits per heavy atom. The number of allylic oxidation sites excluding steroid dienone is 1. The third kappa shape index (κ3) is 3.22. The van der Waals surface area contributed by atoms with Crippen molar-refractivity contribution < 1.29 is 9.90 Å². The van der Waals surface area contributed by atoms with Crippen molar-refractivity contribution in [2.45, 2.75) is 0 Å².